The van der Waals surface area contributed by atoms with Gasteiger partial charge in [0.25, 0.3) is 0 Å². The number of aryl methyl sites for hydroxylation is 1. The molecule has 0 aliphatic carbocycles. The van der Waals surface area contributed by atoms with E-state index in [1.54, 1.807) is 6.07 Å². The van der Waals surface area contributed by atoms with Crippen molar-refractivity contribution < 1.29 is 18.7 Å². The average Bonchev–Trinajstić information content (AvgIpc) is 2.83. The van der Waals surface area contributed by atoms with Crippen LogP contribution in [0.1, 0.15) is 24.0 Å². The Kier molecular flexibility index (Phi) is 5.31. The zero-order valence-electron chi connectivity index (χ0n) is 13.4. The van der Waals surface area contributed by atoms with Crippen molar-refractivity contribution in [2.75, 3.05) is 13.2 Å². The molecule has 5 heteroatoms. The normalized spacial score (nSPS) is 13.2. The smallest absolute Gasteiger partial charge is 0.220 e. The highest BCUT2D eigenvalue weighted by Crippen LogP contribution is 2.30. The first kappa shape index (κ1) is 16.3. The highest BCUT2D eigenvalue weighted by Gasteiger charge is 2.11. The van der Waals surface area contributed by atoms with E-state index in [0.717, 1.165) is 29.0 Å². The fraction of sp³-hybridized carbons (Fsp3) is 0.316. The van der Waals surface area contributed by atoms with Crippen LogP contribution in [0.15, 0.2) is 42.5 Å². The topological polar surface area (TPSA) is 47.6 Å². The van der Waals surface area contributed by atoms with Gasteiger partial charge in [0.15, 0.2) is 11.5 Å². The number of hydrogen-bond acceptors (Lipinski definition) is 3. The number of ether oxygens (including phenoxy) is 2. The zero-order valence-corrected chi connectivity index (χ0v) is 13.4. The lowest BCUT2D eigenvalue weighted by atomic mass is 10.1. The third-order valence-electron chi connectivity index (χ3n) is 3.83. The third kappa shape index (κ3) is 4.47. The molecule has 1 heterocycles. The Hall–Kier alpha value is -2.56. The van der Waals surface area contributed by atoms with Gasteiger partial charge >= 0.3 is 0 Å². The Morgan fingerprint density at radius 3 is 2.71 bits per heavy atom. The van der Waals surface area contributed by atoms with E-state index in [1.165, 1.54) is 12.1 Å². The van der Waals surface area contributed by atoms with Gasteiger partial charge in [-0.05, 0) is 41.8 Å². The first-order chi connectivity index (χ1) is 11.7. The number of benzene rings is 2. The van der Waals surface area contributed by atoms with E-state index in [0.29, 0.717) is 32.6 Å². The predicted molar refractivity (Wildman–Crippen MR) is 88.6 cm³/mol. The van der Waals surface area contributed by atoms with Crippen LogP contribution in [-0.2, 0) is 17.8 Å². The maximum Gasteiger partial charge on any atom is 0.220 e. The van der Waals surface area contributed by atoms with E-state index in [2.05, 4.69) is 5.32 Å². The molecule has 24 heavy (non-hydrogen) atoms. The third-order valence-corrected chi connectivity index (χ3v) is 3.83. The lowest BCUT2D eigenvalue weighted by molar-refractivity contribution is -0.121. The van der Waals surface area contributed by atoms with Crippen LogP contribution in [0.3, 0.4) is 0 Å². The Labute approximate surface area is 140 Å². The van der Waals surface area contributed by atoms with Crippen molar-refractivity contribution >= 4 is 5.91 Å². The summed E-state index contributed by atoms with van der Waals surface area (Å²) in [6.45, 7) is 1.72. The summed E-state index contributed by atoms with van der Waals surface area (Å²) in [5.41, 5.74) is 1.78. The molecule has 0 saturated carbocycles. The van der Waals surface area contributed by atoms with E-state index < -0.39 is 0 Å². The molecule has 126 valence electrons. The lowest BCUT2D eigenvalue weighted by Gasteiger charge is -2.10. The fourth-order valence-electron chi connectivity index (χ4n) is 2.56. The van der Waals surface area contributed by atoms with Crippen LogP contribution in [0.5, 0.6) is 11.5 Å². The lowest BCUT2D eigenvalue weighted by Crippen LogP contribution is -2.23. The quantitative estimate of drug-likeness (QED) is 0.916. The molecule has 0 radical (unpaired) electrons. The van der Waals surface area contributed by atoms with Crippen molar-refractivity contribution in [3.05, 3.63) is 59.4 Å². The summed E-state index contributed by atoms with van der Waals surface area (Å²) in [4.78, 5) is 12.0. The van der Waals surface area contributed by atoms with Crippen molar-refractivity contribution in [3.8, 4) is 11.5 Å². The van der Waals surface area contributed by atoms with Crippen LogP contribution < -0.4 is 14.8 Å². The summed E-state index contributed by atoms with van der Waals surface area (Å²) in [7, 11) is 0. The molecule has 0 atom stereocenters. The summed E-state index contributed by atoms with van der Waals surface area (Å²) in [5, 5.41) is 2.88. The van der Waals surface area contributed by atoms with Gasteiger partial charge in [-0.1, -0.05) is 18.2 Å². The van der Waals surface area contributed by atoms with Gasteiger partial charge in [0.1, 0.15) is 5.82 Å². The molecular weight excluding hydrogens is 309 g/mol. The van der Waals surface area contributed by atoms with Gasteiger partial charge in [0.05, 0.1) is 13.2 Å². The minimum absolute atomic E-state index is 0.0635. The van der Waals surface area contributed by atoms with E-state index in [-0.39, 0.29) is 11.7 Å². The van der Waals surface area contributed by atoms with Crippen LogP contribution in [0.25, 0.3) is 0 Å². The number of halogens is 1. The Morgan fingerprint density at radius 1 is 1.04 bits per heavy atom. The first-order valence-electron chi connectivity index (χ1n) is 8.10. The van der Waals surface area contributed by atoms with Crippen molar-refractivity contribution in [3.63, 3.8) is 0 Å². The molecular formula is C19H20FNO3. The van der Waals surface area contributed by atoms with Gasteiger partial charge in [-0.15, -0.1) is 0 Å². The molecule has 0 bridgehead atoms. The molecule has 0 aromatic heterocycles. The van der Waals surface area contributed by atoms with Gasteiger partial charge in [-0.25, -0.2) is 4.39 Å². The number of carbonyl (C=O) groups excluding carboxylic acids is 1. The molecule has 1 amide bonds. The standard InChI is InChI=1S/C19H20FNO3/c20-16-4-1-3-14(11-16)6-8-19(22)21-13-15-5-7-17-18(12-15)24-10-2-9-23-17/h1,3-5,7,11-12H,2,6,8-10,13H2,(H,21,22). The van der Waals surface area contributed by atoms with Gasteiger partial charge in [0.2, 0.25) is 5.91 Å². The summed E-state index contributed by atoms with van der Waals surface area (Å²) in [5.74, 6) is 1.12. The Balaban J connectivity index is 1.50. The van der Waals surface area contributed by atoms with Crippen LogP contribution in [0, 0.1) is 5.82 Å². The van der Waals surface area contributed by atoms with Crippen molar-refractivity contribution in [2.24, 2.45) is 0 Å². The maximum atomic E-state index is 13.1. The Morgan fingerprint density at radius 2 is 1.88 bits per heavy atom. The number of amides is 1. The number of nitrogens with one attached hydrogen (secondary N) is 1. The fourth-order valence-corrected chi connectivity index (χ4v) is 2.56. The molecule has 3 rings (SSSR count). The zero-order chi connectivity index (χ0) is 16.8. The monoisotopic (exact) mass is 329 g/mol. The molecule has 2 aromatic carbocycles. The summed E-state index contributed by atoms with van der Waals surface area (Å²) in [6, 6.07) is 12.0. The Bertz CT molecular complexity index is 718. The second-order valence-corrected chi connectivity index (χ2v) is 5.74. The molecule has 2 aromatic rings. The minimum Gasteiger partial charge on any atom is -0.490 e. The molecule has 0 saturated heterocycles. The van der Waals surface area contributed by atoms with Crippen LogP contribution in [0.2, 0.25) is 0 Å². The van der Waals surface area contributed by atoms with Crippen molar-refractivity contribution in [2.45, 2.75) is 25.8 Å². The predicted octanol–water partition coefficient (Wildman–Crippen LogP) is 3.24. The van der Waals surface area contributed by atoms with Gasteiger partial charge in [-0.3, -0.25) is 4.79 Å². The molecule has 0 unspecified atom stereocenters. The highest BCUT2D eigenvalue weighted by molar-refractivity contribution is 5.76. The molecule has 0 spiro atoms. The van der Waals surface area contributed by atoms with Crippen LogP contribution in [-0.4, -0.2) is 19.1 Å². The summed E-state index contributed by atoms with van der Waals surface area (Å²) >= 11 is 0. The second-order valence-electron chi connectivity index (χ2n) is 5.74. The number of hydrogen-bond donors (Lipinski definition) is 1. The molecule has 0 fully saturated rings. The largest absolute Gasteiger partial charge is 0.490 e. The van der Waals surface area contributed by atoms with Gasteiger partial charge in [0, 0.05) is 19.4 Å². The van der Waals surface area contributed by atoms with Crippen LogP contribution in [0.4, 0.5) is 4.39 Å². The number of carbonyl (C=O) groups is 1. The highest BCUT2D eigenvalue weighted by atomic mass is 19.1. The van der Waals surface area contributed by atoms with Gasteiger partial charge < -0.3 is 14.8 Å². The SMILES string of the molecule is O=C(CCc1cccc(F)c1)NCc1ccc2c(c1)OCCCO2. The first-order valence-corrected chi connectivity index (χ1v) is 8.10. The van der Waals surface area contributed by atoms with E-state index in [1.807, 2.05) is 24.3 Å². The average molecular weight is 329 g/mol. The summed E-state index contributed by atoms with van der Waals surface area (Å²) in [6.07, 6.45) is 1.71. The van der Waals surface area contributed by atoms with Gasteiger partial charge in [-0.2, -0.15) is 0 Å². The summed E-state index contributed by atoms with van der Waals surface area (Å²) < 4.78 is 24.3. The van der Waals surface area contributed by atoms with Crippen molar-refractivity contribution in [1.82, 2.24) is 5.32 Å². The van der Waals surface area contributed by atoms with E-state index in [9.17, 15) is 9.18 Å². The number of rotatable bonds is 5. The maximum absolute atomic E-state index is 13.1. The van der Waals surface area contributed by atoms with E-state index >= 15 is 0 Å². The number of fused-ring (bicyclic) bond motifs is 1. The molecule has 1 aliphatic heterocycles. The molecule has 4 nitrogen and oxygen atoms in total. The van der Waals surface area contributed by atoms with Crippen molar-refractivity contribution in [1.29, 1.82) is 0 Å². The molecule has 1 aliphatic rings. The molecule has 1 N–H and O–H groups in total. The van der Waals surface area contributed by atoms with E-state index in [4.69, 9.17) is 9.47 Å². The second kappa shape index (κ2) is 7.81. The van der Waals surface area contributed by atoms with Crippen LogP contribution >= 0.6 is 0 Å². The minimum atomic E-state index is -0.278.